The summed E-state index contributed by atoms with van der Waals surface area (Å²) in [7, 11) is 0. The fourth-order valence-electron chi connectivity index (χ4n) is 3.29. The number of hydrogen-bond donors (Lipinski definition) is 0. The summed E-state index contributed by atoms with van der Waals surface area (Å²) in [5.74, 6) is 0.900. The van der Waals surface area contributed by atoms with E-state index in [1.165, 1.54) is 19.4 Å². The highest BCUT2D eigenvalue weighted by Gasteiger charge is 2.19. The number of nitrogens with zero attached hydrogens (tertiary/aromatic N) is 2. The average molecular weight is 338 g/mol. The second kappa shape index (κ2) is 8.77. The van der Waals surface area contributed by atoms with Crippen molar-refractivity contribution in [1.29, 1.82) is 0 Å². The summed E-state index contributed by atoms with van der Waals surface area (Å²) < 4.78 is 5.80. The van der Waals surface area contributed by atoms with Crippen LogP contribution in [0, 0.1) is 0 Å². The largest absolute Gasteiger partial charge is 0.494 e. The smallest absolute Gasteiger partial charge is 0.168 e. The molecule has 4 heteroatoms. The van der Waals surface area contributed by atoms with E-state index in [2.05, 4.69) is 16.8 Å². The summed E-state index contributed by atoms with van der Waals surface area (Å²) in [5, 5.41) is 0. The summed E-state index contributed by atoms with van der Waals surface area (Å²) >= 11 is 0. The lowest BCUT2D eigenvalue weighted by molar-refractivity contribution is 0.0992. The van der Waals surface area contributed by atoms with E-state index in [1.807, 2.05) is 42.5 Å². The fourth-order valence-corrected chi connectivity index (χ4v) is 3.29. The van der Waals surface area contributed by atoms with Crippen LogP contribution >= 0.6 is 0 Å². The van der Waals surface area contributed by atoms with Crippen molar-refractivity contribution in [3.63, 3.8) is 0 Å². The van der Waals surface area contributed by atoms with E-state index in [9.17, 15) is 4.79 Å². The third-order valence-electron chi connectivity index (χ3n) is 4.79. The van der Waals surface area contributed by atoms with Gasteiger partial charge in [0.25, 0.3) is 0 Å². The number of Topliss-reactive ketones (excluding diaryl/α,β-unsaturated/α-hetero) is 1. The van der Waals surface area contributed by atoms with Gasteiger partial charge in [0, 0.05) is 30.0 Å². The minimum Gasteiger partial charge on any atom is -0.494 e. The number of likely N-dealkylation sites (tertiary alicyclic amines) is 1. The van der Waals surface area contributed by atoms with Crippen LogP contribution in [0.5, 0.6) is 5.75 Å². The van der Waals surface area contributed by atoms with Crippen molar-refractivity contribution in [3.8, 4) is 5.75 Å². The summed E-state index contributed by atoms with van der Waals surface area (Å²) in [6, 6.07) is 13.8. The number of pyridine rings is 1. The van der Waals surface area contributed by atoms with Gasteiger partial charge >= 0.3 is 0 Å². The van der Waals surface area contributed by atoms with Crippen LogP contribution in [0.3, 0.4) is 0 Å². The minimum atomic E-state index is 0.0771. The Hall–Kier alpha value is -2.20. The summed E-state index contributed by atoms with van der Waals surface area (Å²) in [4.78, 5) is 19.0. The molecule has 0 amide bonds. The first-order valence-electron chi connectivity index (χ1n) is 9.12. The molecule has 1 saturated heterocycles. The molecule has 0 bridgehead atoms. The molecular formula is C21H26N2O2. The molecule has 1 fully saturated rings. The Morgan fingerprint density at radius 1 is 1.24 bits per heavy atom. The second-order valence-corrected chi connectivity index (χ2v) is 6.67. The van der Waals surface area contributed by atoms with Crippen LogP contribution in [0.4, 0.5) is 0 Å². The average Bonchev–Trinajstić information content (AvgIpc) is 3.05. The van der Waals surface area contributed by atoms with Gasteiger partial charge in [-0.05, 0) is 69.1 Å². The SMILES string of the molecule is CC1CCCN1CCCOc1ccc(C(=O)Cc2ccccn2)cc1. The topological polar surface area (TPSA) is 42.4 Å². The number of carbonyl (C=O) groups is 1. The van der Waals surface area contributed by atoms with Crippen molar-refractivity contribution < 1.29 is 9.53 Å². The van der Waals surface area contributed by atoms with E-state index in [4.69, 9.17) is 4.74 Å². The number of aromatic nitrogens is 1. The maximum absolute atomic E-state index is 12.3. The molecule has 0 spiro atoms. The zero-order valence-corrected chi connectivity index (χ0v) is 14.9. The first-order valence-corrected chi connectivity index (χ1v) is 9.12. The van der Waals surface area contributed by atoms with Crippen LogP contribution < -0.4 is 4.74 Å². The Balaban J connectivity index is 1.43. The molecule has 2 aromatic rings. The van der Waals surface area contributed by atoms with Crippen molar-refractivity contribution in [2.75, 3.05) is 19.7 Å². The number of benzene rings is 1. The van der Waals surface area contributed by atoms with Gasteiger partial charge in [-0.3, -0.25) is 9.78 Å². The van der Waals surface area contributed by atoms with Crippen molar-refractivity contribution in [2.45, 2.75) is 38.6 Å². The number of ketones is 1. The van der Waals surface area contributed by atoms with Crippen LogP contribution in [0.2, 0.25) is 0 Å². The van der Waals surface area contributed by atoms with Gasteiger partial charge in [-0.25, -0.2) is 0 Å². The Morgan fingerprint density at radius 3 is 2.76 bits per heavy atom. The molecule has 25 heavy (non-hydrogen) atoms. The second-order valence-electron chi connectivity index (χ2n) is 6.67. The fraction of sp³-hybridized carbons (Fsp3) is 0.429. The highest BCUT2D eigenvalue weighted by molar-refractivity contribution is 5.97. The first-order chi connectivity index (χ1) is 12.2. The van der Waals surface area contributed by atoms with Crippen LogP contribution in [-0.4, -0.2) is 41.4 Å². The van der Waals surface area contributed by atoms with Gasteiger partial charge in [0.05, 0.1) is 13.0 Å². The van der Waals surface area contributed by atoms with Crippen LogP contribution in [0.1, 0.15) is 42.2 Å². The molecule has 0 radical (unpaired) electrons. The van der Waals surface area contributed by atoms with E-state index in [1.54, 1.807) is 6.20 Å². The first kappa shape index (κ1) is 17.6. The molecule has 4 nitrogen and oxygen atoms in total. The van der Waals surface area contributed by atoms with Crippen molar-refractivity contribution in [1.82, 2.24) is 9.88 Å². The van der Waals surface area contributed by atoms with Crippen LogP contribution in [0.15, 0.2) is 48.7 Å². The van der Waals surface area contributed by atoms with Gasteiger partial charge in [0.1, 0.15) is 5.75 Å². The molecule has 0 aliphatic carbocycles. The summed E-state index contributed by atoms with van der Waals surface area (Å²) in [6.07, 6.45) is 5.70. The minimum absolute atomic E-state index is 0.0771. The Labute approximate surface area is 149 Å². The Morgan fingerprint density at radius 2 is 2.08 bits per heavy atom. The van der Waals surface area contributed by atoms with E-state index in [0.717, 1.165) is 24.4 Å². The number of hydrogen-bond acceptors (Lipinski definition) is 4. The third kappa shape index (κ3) is 5.13. The summed E-state index contributed by atoms with van der Waals surface area (Å²) in [5.41, 5.74) is 1.49. The lowest BCUT2D eigenvalue weighted by atomic mass is 10.1. The van der Waals surface area contributed by atoms with Gasteiger partial charge in [0.15, 0.2) is 5.78 Å². The van der Waals surface area contributed by atoms with Crippen molar-refractivity contribution >= 4 is 5.78 Å². The maximum Gasteiger partial charge on any atom is 0.168 e. The third-order valence-corrected chi connectivity index (χ3v) is 4.79. The normalized spacial score (nSPS) is 17.6. The van der Waals surface area contributed by atoms with E-state index < -0.39 is 0 Å². The molecule has 3 rings (SSSR count). The molecule has 1 atom stereocenters. The molecule has 0 N–H and O–H groups in total. The van der Waals surface area contributed by atoms with Gasteiger partial charge in [-0.15, -0.1) is 0 Å². The zero-order chi connectivity index (χ0) is 17.5. The highest BCUT2D eigenvalue weighted by atomic mass is 16.5. The van der Waals surface area contributed by atoms with Gasteiger partial charge in [-0.1, -0.05) is 6.07 Å². The molecule has 1 aliphatic heterocycles. The summed E-state index contributed by atoms with van der Waals surface area (Å²) in [6.45, 7) is 5.33. The molecule has 1 aromatic carbocycles. The predicted molar refractivity (Wildman–Crippen MR) is 99.1 cm³/mol. The van der Waals surface area contributed by atoms with Crippen LogP contribution in [0.25, 0.3) is 0 Å². The number of rotatable bonds is 8. The van der Waals surface area contributed by atoms with E-state index in [-0.39, 0.29) is 5.78 Å². The Bertz CT molecular complexity index is 670. The Kier molecular flexibility index (Phi) is 6.18. The molecule has 1 aliphatic rings. The molecule has 2 heterocycles. The number of ether oxygens (including phenoxy) is 1. The van der Waals surface area contributed by atoms with Gasteiger partial charge < -0.3 is 9.64 Å². The zero-order valence-electron chi connectivity index (χ0n) is 14.9. The standard InChI is InChI=1S/C21H26N2O2/c1-17-6-4-13-23(17)14-5-15-25-20-10-8-18(9-11-20)21(24)16-19-7-2-3-12-22-19/h2-3,7-12,17H,4-6,13-16H2,1H3. The maximum atomic E-state index is 12.3. The molecule has 1 aromatic heterocycles. The van der Waals surface area contributed by atoms with Crippen molar-refractivity contribution in [3.05, 3.63) is 59.9 Å². The lowest BCUT2D eigenvalue weighted by Crippen LogP contribution is -2.28. The van der Waals surface area contributed by atoms with Crippen molar-refractivity contribution in [2.24, 2.45) is 0 Å². The molecule has 1 unspecified atom stereocenters. The number of carbonyl (C=O) groups excluding carboxylic acids is 1. The highest BCUT2D eigenvalue weighted by Crippen LogP contribution is 2.17. The molecular weight excluding hydrogens is 312 g/mol. The van der Waals surface area contributed by atoms with Crippen LogP contribution in [-0.2, 0) is 6.42 Å². The molecule has 0 saturated carbocycles. The van der Waals surface area contributed by atoms with Gasteiger partial charge in [-0.2, -0.15) is 0 Å². The van der Waals surface area contributed by atoms with E-state index in [0.29, 0.717) is 24.6 Å². The predicted octanol–water partition coefficient (Wildman–Crippen LogP) is 3.76. The quantitative estimate of drug-likeness (QED) is 0.543. The monoisotopic (exact) mass is 338 g/mol. The van der Waals surface area contributed by atoms with E-state index >= 15 is 0 Å². The van der Waals surface area contributed by atoms with Gasteiger partial charge in [0.2, 0.25) is 0 Å². The lowest BCUT2D eigenvalue weighted by Gasteiger charge is -2.20. The molecule has 132 valence electrons.